The number of ether oxygens (including phenoxy) is 2. The Bertz CT molecular complexity index is 1260. The fourth-order valence-electron chi connectivity index (χ4n) is 3.14. The Morgan fingerprint density at radius 3 is 2.26 bits per heavy atom. The van der Waals surface area contributed by atoms with Gasteiger partial charge in [0.25, 0.3) is 5.91 Å². The molecule has 3 N–H and O–H groups in total. The maximum absolute atomic E-state index is 13.2. The molecule has 7 nitrogen and oxygen atoms in total. The molecule has 34 heavy (non-hydrogen) atoms. The monoisotopic (exact) mass is 594 g/mol. The summed E-state index contributed by atoms with van der Waals surface area (Å²) in [7, 11) is -1.68. The Balaban J connectivity index is 1.95. The summed E-state index contributed by atoms with van der Waals surface area (Å²) in [5, 5.41) is 8.58. The van der Waals surface area contributed by atoms with Gasteiger partial charge in [0.05, 0.1) is 18.2 Å². The summed E-state index contributed by atoms with van der Waals surface area (Å²) in [4.78, 5) is 25.3. The molecule has 0 aromatic heterocycles. The minimum atomic E-state index is -2.99. The summed E-state index contributed by atoms with van der Waals surface area (Å²) in [5.41, 5.74) is 2.00. The molecule has 0 aliphatic carbocycles. The van der Waals surface area contributed by atoms with Crippen LogP contribution in [0.15, 0.2) is 71.6 Å². The van der Waals surface area contributed by atoms with E-state index in [4.69, 9.17) is 14.6 Å². The lowest BCUT2D eigenvalue weighted by molar-refractivity contribution is 0.0600. The van der Waals surface area contributed by atoms with E-state index in [1.54, 1.807) is 75.8 Å². The second-order valence-corrected chi connectivity index (χ2v) is 14.6. The lowest BCUT2D eigenvalue weighted by Gasteiger charge is -2.21. The first kappa shape index (κ1) is 25.9. The second-order valence-electron chi connectivity index (χ2n) is 8.66. The molecule has 0 heterocycles. The van der Waals surface area contributed by atoms with Crippen LogP contribution in [0.4, 0.5) is 5.69 Å². The van der Waals surface area contributed by atoms with E-state index in [1.807, 2.05) is 12.1 Å². The predicted molar refractivity (Wildman–Crippen MR) is 143 cm³/mol. The van der Waals surface area contributed by atoms with Gasteiger partial charge < -0.3 is 14.8 Å². The number of thiol groups is 1. The van der Waals surface area contributed by atoms with Gasteiger partial charge in [0.1, 0.15) is 11.5 Å². The molecule has 0 bridgehead atoms. The lowest BCUT2D eigenvalue weighted by Crippen LogP contribution is -2.17. The number of nitrogens with one attached hydrogen (secondary N) is 1. The van der Waals surface area contributed by atoms with Gasteiger partial charge >= 0.3 is 5.97 Å². The molecule has 3 rings (SSSR count). The summed E-state index contributed by atoms with van der Waals surface area (Å²) < 4.78 is 23.0. The summed E-state index contributed by atoms with van der Waals surface area (Å²) in [6, 6.07) is 18.5. The topological polar surface area (TPSA) is 108 Å². The number of hydrogen-bond donors (Lipinski definition) is 3. The Labute approximate surface area is 212 Å². The van der Waals surface area contributed by atoms with Gasteiger partial charge in [0, 0.05) is 39.1 Å². The molecule has 0 fully saturated rings. The highest BCUT2D eigenvalue weighted by molar-refractivity contribution is 14.2. The number of carbonyl (C=O) groups excluding carboxylic acids is 2. The molecule has 3 aromatic rings. The number of esters is 1. The van der Waals surface area contributed by atoms with Gasteiger partial charge in [-0.25, -0.2) is 4.79 Å². The first-order valence-corrected chi connectivity index (χ1v) is 15.0. The molecule has 0 spiro atoms. The largest absolute Gasteiger partial charge is 0.465 e. The summed E-state index contributed by atoms with van der Waals surface area (Å²) in [6.45, 7) is 6.20. The maximum atomic E-state index is 13.2. The van der Waals surface area contributed by atoms with E-state index in [0.29, 0.717) is 33.2 Å². The Hall–Kier alpha value is -2.76. The highest BCUT2D eigenvalue weighted by Crippen LogP contribution is 2.33. The number of anilines is 1. The standard InChI is InChI=1S/C25H27IN2O5S/c1-25(2,3)17-10-13-21(23(29)28-18-6-5-7-20(15-18)34(26,27)31)22(14-17)33-19-11-8-16(9-12-19)24(30)32-4/h5-15,34H,1-4H3,(H2,27,31)(H,28,29). The molecule has 3 aromatic carbocycles. The van der Waals surface area contributed by atoms with Crippen molar-refractivity contribution in [2.45, 2.75) is 31.1 Å². The van der Waals surface area contributed by atoms with Crippen molar-refractivity contribution in [1.82, 2.24) is 0 Å². The molecule has 0 unspecified atom stereocenters. The highest BCUT2D eigenvalue weighted by atomic mass is 127. The van der Waals surface area contributed by atoms with Crippen molar-refractivity contribution >= 4 is 46.1 Å². The first-order valence-electron chi connectivity index (χ1n) is 10.4. The first-order chi connectivity index (χ1) is 15.9. The van der Waals surface area contributed by atoms with Crippen LogP contribution < -0.4 is 15.2 Å². The van der Waals surface area contributed by atoms with Crippen LogP contribution in [0.1, 0.15) is 47.1 Å². The number of rotatable bonds is 6. The molecule has 1 amide bonds. The zero-order valence-electron chi connectivity index (χ0n) is 19.3. The third-order valence-electron chi connectivity index (χ3n) is 5.05. The van der Waals surface area contributed by atoms with Crippen LogP contribution in [0, 0.1) is 0 Å². The number of methoxy groups -OCH3 is 1. The van der Waals surface area contributed by atoms with E-state index in [9.17, 15) is 13.8 Å². The van der Waals surface area contributed by atoms with Gasteiger partial charge in [-0.2, -0.15) is 0 Å². The molecule has 0 aliphatic rings. The van der Waals surface area contributed by atoms with E-state index in [1.165, 1.54) is 7.11 Å². The molecule has 0 radical (unpaired) electrons. The van der Waals surface area contributed by atoms with Crippen LogP contribution >= 0.6 is 21.2 Å². The third kappa shape index (κ3) is 6.43. The van der Waals surface area contributed by atoms with E-state index in [-0.39, 0.29) is 11.3 Å². The van der Waals surface area contributed by atoms with Gasteiger partial charge in [-0.05, 0) is 65.6 Å². The van der Waals surface area contributed by atoms with Crippen molar-refractivity contribution in [2.75, 3.05) is 12.4 Å². The quantitative estimate of drug-likeness (QED) is 0.153. The van der Waals surface area contributed by atoms with E-state index in [2.05, 4.69) is 26.1 Å². The van der Waals surface area contributed by atoms with Gasteiger partial charge in [-0.1, -0.05) is 32.9 Å². The number of benzene rings is 3. The molecule has 0 aliphatic heterocycles. The number of nitrogens with two attached hydrogens (primary N) is 1. The smallest absolute Gasteiger partial charge is 0.337 e. The molecule has 180 valence electrons. The fraction of sp³-hybridized carbons (Fsp3) is 0.200. The molecule has 0 saturated carbocycles. The maximum Gasteiger partial charge on any atom is 0.337 e. The summed E-state index contributed by atoms with van der Waals surface area (Å²) >= 11 is 1.71. The zero-order chi connectivity index (χ0) is 25.1. The number of hydrogen-bond acceptors (Lipinski definition) is 5. The van der Waals surface area contributed by atoms with Crippen molar-refractivity contribution in [1.29, 1.82) is 0 Å². The normalized spacial score (nSPS) is 12.1. The van der Waals surface area contributed by atoms with Gasteiger partial charge in [0.15, 0.2) is 0 Å². The van der Waals surface area contributed by atoms with Crippen molar-refractivity contribution in [3.63, 3.8) is 0 Å². The van der Waals surface area contributed by atoms with Crippen LogP contribution in [-0.4, -0.2) is 23.2 Å². The lowest BCUT2D eigenvalue weighted by atomic mass is 9.86. The second kappa shape index (κ2) is 10.2. The van der Waals surface area contributed by atoms with Crippen LogP contribution in [0.2, 0.25) is 0 Å². The van der Waals surface area contributed by atoms with E-state index in [0.717, 1.165) is 5.56 Å². The highest BCUT2D eigenvalue weighted by Gasteiger charge is 2.20. The van der Waals surface area contributed by atoms with Crippen LogP contribution in [0.5, 0.6) is 11.5 Å². The molecule has 0 atom stereocenters. The van der Waals surface area contributed by atoms with Crippen LogP contribution in [0.3, 0.4) is 0 Å². The van der Waals surface area contributed by atoms with Crippen LogP contribution in [-0.2, 0) is 17.4 Å². The van der Waals surface area contributed by atoms with Gasteiger partial charge in [-0.3, -0.25) is 14.1 Å². The van der Waals surface area contributed by atoms with E-state index >= 15 is 0 Å². The number of amides is 1. The zero-order valence-corrected chi connectivity index (χ0v) is 22.3. The molecule has 9 heteroatoms. The van der Waals surface area contributed by atoms with Crippen molar-refractivity contribution in [3.8, 4) is 11.5 Å². The Morgan fingerprint density at radius 2 is 1.68 bits per heavy atom. The van der Waals surface area contributed by atoms with Gasteiger partial charge in [-0.15, -0.1) is 0 Å². The number of carbonyl (C=O) groups is 2. The van der Waals surface area contributed by atoms with E-state index < -0.39 is 13.3 Å². The van der Waals surface area contributed by atoms with Crippen molar-refractivity contribution in [3.05, 3.63) is 83.4 Å². The average molecular weight is 594 g/mol. The third-order valence-corrected chi connectivity index (χ3v) is 7.71. The summed E-state index contributed by atoms with van der Waals surface area (Å²) in [6.07, 6.45) is 0. The number of halogens is 1. The molecule has 0 saturated heterocycles. The van der Waals surface area contributed by atoms with Crippen LogP contribution in [0.25, 0.3) is 0 Å². The molecular weight excluding hydrogens is 567 g/mol. The minimum Gasteiger partial charge on any atom is -0.465 e. The summed E-state index contributed by atoms with van der Waals surface area (Å²) in [5.74, 6) is -0.00904. The fourth-order valence-corrected chi connectivity index (χ4v) is 4.64. The van der Waals surface area contributed by atoms with Gasteiger partial charge in [0.2, 0.25) is 0 Å². The Kier molecular flexibility index (Phi) is 7.79. The predicted octanol–water partition coefficient (Wildman–Crippen LogP) is 5.41. The SMILES string of the molecule is COC(=O)c1ccc(Oc2cc(C(C)(C)C)ccc2C(=O)Nc2cccc([SH](N)(=O)I)c2)cc1. The minimum absolute atomic E-state index is 0.168. The van der Waals surface area contributed by atoms with Crippen molar-refractivity contribution in [2.24, 2.45) is 5.14 Å². The Morgan fingerprint density at radius 1 is 1.00 bits per heavy atom. The van der Waals surface area contributed by atoms with Crippen molar-refractivity contribution < 1.29 is 23.3 Å². The molecular formula is C25H27IN2O5S. The average Bonchev–Trinajstić information content (AvgIpc) is 2.78.